The Balaban J connectivity index is 2.15. The molecule has 0 atom stereocenters. The molecule has 0 spiro atoms. The third-order valence-corrected chi connectivity index (χ3v) is 3.84. The number of benzene rings is 1. The molecule has 4 rings (SSSR count). The van der Waals surface area contributed by atoms with Crippen molar-refractivity contribution in [2.75, 3.05) is 0 Å². The van der Waals surface area contributed by atoms with Crippen LogP contribution in [0, 0.1) is 0 Å². The van der Waals surface area contributed by atoms with Gasteiger partial charge >= 0.3 is 5.69 Å². The Kier molecular flexibility index (Phi) is 2.68. The monoisotopic (exact) mass is 308 g/mol. The van der Waals surface area contributed by atoms with E-state index in [0.29, 0.717) is 11.2 Å². The molecule has 1 aromatic carbocycles. The van der Waals surface area contributed by atoms with E-state index < -0.39 is 11.2 Å². The van der Waals surface area contributed by atoms with Crippen LogP contribution in [0.4, 0.5) is 0 Å². The van der Waals surface area contributed by atoms with Crippen molar-refractivity contribution in [2.45, 2.75) is 0 Å². The van der Waals surface area contributed by atoms with Gasteiger partial charge in [0.15, 0.2) is 11.2 Å². The van der Waals surface area contributed by atoms with Gasteiger partial charge in [-0.15, -0.1) is 10.2 Å². The number of hydrogen-bond acceptors (Lipinski definition) is 5. The summed E-state index contributed by atoms with van der Waals surface area (Å²) in [6, 6.07) is 9.52. The molecule has 0 saturated carbocycles. The van der Waals surface area contributed by atoms with Gasteiger partial charge in [-0.3, -0.25) is 18.3 Å². The number of nitrogens with zero attached hydrogens (tertiary/aromatic N) is 6. The molecule has 8 nitrogen and oxygen atoms in total. The predicted molar refractivity (Wildman–Crippen MR) is 84.2 cm³/mol. The molecule has 0 aliphatic heterocycles. The van der Waals surface area contributed by atoms with E-state index in [2.05, 4.69) is 15.2 Å². The minimum Gasteiger partial charge on any atom is -0.279 e. The molecule has 4 aromatic rings. The first-order chi connectivity index (χ1) is 11.1. The van der Waals surface area contributed by atoms with Crippen LogP contribution >= 0.6 is 0 Å². The van der Waals surface area contributed by atoms with Gasteiger partial charge in [0.25, 0.3) is 11.3 Å². The number of fused-ring (bicyclic) bond motifs is 3. The Labute approximate surface area is 129 Å². The van der Waals surface area contributed by atoms with Gasteiger partial charge in [-0.25, -0.2) is 4.79 Å². The normalized spacial score (nSPS) is 11.4. The summed E-state index contributed by atoms with van der Waals surface area (Å²) in [6.45, 7) is 0. The van der Waals surface area contributed by atoms with Crippen LogP contribution in [0.1, 0.15) is 0 Å². The molecule has 0 aliphatic carbocycles. The van der Waals surface area contributed by atoms with Gasteiger partial charge in [0, 0.05) is 25.9 Å². The summed E-state index contributed by atoms with van der Waals surface area (Å²) in [7, 11) is 3.01. The van der Waals surface area contributed by atoms with Crippen LogP contribution in [0.3, 0.4) is 0 Å². The van der Waals surface area contributed by atoms with Crippen molar-refractivity contribution in [3.05, 3.63) is 57.4 Å². The van der Waals surface area contributed by atoms with Gasteiger partial charge in [-0.05, 0) is 0 Å². The molecule has 0 aliphatic rings. The Morgan fingerprint density at radius 1 is 0.957 bits per heavy atom. The smallest absolute Gasteiger partial charge is 0.279 e. The summed E-state index contributed by atoms with van der Waals surface area (Å²) in [5.41, 5.74) is 1.25. The molecule has 0 saturated heterocycles. The molecule has 0 fully saturated rings. The van der Waals surface area contributed by atoms with Crippen molar-refractivity contribution in [1.29, 1.82) is 0 Å². The van der Waals surface area contributed by atoms with Crippen LogP contribution in [-0.2, 0) is 14.1 Å². The van der Waals surface area contributed by atoms with Crippen LogP contribution in [-0.4, -0.2) is 28.7 Å². The summed E-state index contributed by atoms with van der Waals surface area (Å²) in [4.78, 5) is 28.7. The molecule has 0 amide bonds. The second-order valence-corrected chi connectivity index (χ2v) is 5.24. The Hall–Kier alpha value is -3.29. The Bertz CT molecular complexity index is 1170. The summed E-state index contributed by atoms with van der Waals surface area (Å²) < 4.78 is 3.96. The van der Waals surface area contributed by atoms with E-state index in [1.807, 2.05) is 30.3 Å². The Morgan fingerprint density at radius 2 is 1.70 bits per heavy atom. The first-order valence-electron chi connectivity index (χ1n) is 6.95. The van der Waals surface area contributed by atoms with E-state index >= 15 is 0 Å². The van der Waals surface area contributed by atoms with Crippen molar-refractivity contribution in [2.24, 2.45) is 14.1 Å². The Morgan fingerprint density at radius 3 is 2.43 bits per heavy atom. The number of rotatable bonds is 1. The summed E-state index contributed by atoms with van der Waals surface area (Å²) in [5.74, 6) is 0.276. The maximum absolute atomic E-state index is 12.5. The molecule has 3 aromatic heterocycles. The number of aromatic nitrogens is 6. The van der Waals surface area contributed by atoms with Gasteiger partial charge in [0.1, 0.15) is 5.69 Å². The van der Waals surface area contributed by atoms with E-state index in [1.54, 1.807) is 17.6 Å². The summed E-state index contributed by atoms with van der Waals surface area (Å²) in [6.07, 6.45) is 1.71. The van der Waals surface area contributed by atoms with E-state index in [-0.39, 0.29) is 11.4 Å². The highest BCUT2D eigenvalue weighted by Gasteiger charge is 2.16. The van der Waals surface area contributed by atoms with Crippen LogP contribution < -0.4 is 11.2 Å². The third-order valence-electron chi connectivity index (χ3n) is 3.84. The van der Waals surface area contributed by atoms with Gasteiger partial charge in [0.05, 0.1) is 0 Å². The lowest BCUT2D eigenvalue weighted by molar-refractivity contribution is 0.708. The fourth-order valence-corrected chi connectivity index (χ4v) is 2.58. The second-order valence-electron chi connectivity index (χ2n) is 5.24. The molecule has 3 heterocycles. The van der Waals surface area contributed by atoms with Gasteiger partial charge in [-0.2, -0.15) is 4.98 Å². The van der Waals surface area contributed by atoms with Crippen LogP contribution in [0.25, 0.3) is 28.2 Å². The molecule has 23 heavy (non-hydrogen) atoms. The fraction of sp³-hybridized carbons (Fsp3) is 0.133. The first-order valence-corrected chi connectivity index (χ1v) is 6.95. The summed E-state index contributed by atoms with van der Waals surface area (Å²) >= 11 is 0. The second kappa shape index (κ2) is 4.60. The maximum atomic E-state index is 12.5. The molecule has 0 unspecified atom stereocenters. The first kappa shape index (κ1) is 13.4. The van der Waals surface area contributed by atoms with Crippen molar-refractivity contribution < 1.29 is 0 Å². The largest absolute Gasteiger partial charge is 0.332 e. The average Bonchev–Trinajstić information content (AvgIpc) is 2.97. The maximum Gasteiger partial charge on any atom is 0.332 e. The lowest BCUT2D eigenvalue weighted by Gasteiger charge is -2.03. The van der Waals surface area contributed by atoms with Crippen LogP contribution in [0.2, 0.25) is 0 Å². The molecule has 8 heteroatoms. The molecule has 0 radical (unpaired) electrons. The quantitative estimate of drug-likeness (QED) is 0.506. The number of imidazole rings is 1. The zero-order valence-electron chi connectivity index (χ0n) is 12.5. The van der Waals surface area contributed by atoms with Gasteiger partial charge < -0.3 is 0 Å². The van der Waals surface area contributed by atoms with Crippen LogP contribution in [0.15, 0.2) is 46.1 Å². The third kappa shape index (κ3) is 1.81. The van der Waals surface area contributed by atoms with Crippen molar-refractivity contribution in [1.82, 2.24) is 28.7 Å². The zero-order valence-corrected chi connectivity index (χ0v) is 12.5. The van der Waals surface area contributed by atoms with E-state index in [0.717, 1.165) is 10.1 Å². The highest BCUT2D eigenvalue weighted by Crippen LogP contribution is 2.17. The molecule has 0 N–H and O–H groups in total. The SMILES string of the molecule is Cn1c(=O)c2c(nc3nnc(-c4ccccc4)cn32)n(C)c1=O. The average molecular weight is 308 g/mol. The van der Waals surface area contributed by atoms with Gasteiger partial charge in [0.2, 0.25) is 0 Å². The van der Waals surface area contributed by atoms with Crippen molar-refractivity contribution in [3.8, 4) is 11.3 Å². The lowest BCUT2D eigenvalue weighted by Crippen LogP contribution is -2.37. The lowest BCUT2D eigenvalue weighted by atomic mass is 10.2. The molecule has 114 valence electrons. The van der Waals surface area contributed by atoms with Crippen molar-refractivity contribution in [3.63, 3.8) is 0 Å². The highest BCUT2D eigenvalue weighted by atomic mass is 16.2. The minimum atomic E-state index is -0.429. The minimum absolute atomic E-state index is 0.276. The standard InChI is InChI=1S/C15H12N6O2/c1-19-12-11(13(22)20(2)15(19)23)21-8-10(17-18-14(21)16-12)9-6-4-3-5-7-9/h3-8H,1-2H3. The van der Waals surface area contributed by atoms with Crippen LogP contribution in [0.5, 0.6) is 0 Å². The molecule has 0 bridgehead atoms. The van der Waals surface area contributed by atoms with E-state index in [1.165, 1.54) is 11.6 Å². The number of hydrogen-bond donors (Lipinski definition) is 0. The topological polar surface area (TPSA) is 87.1 Å². The van der Waals surface area contributed by atoms with E-state index in [4.69, 9.17) is 0 Å². The van der Waals surface area contributed by atoms with Crippen molar-refractivity contribution >= 4 is 16.9 Å². The fourth-order valence-electron chi connectivity index (χ4n) is 2.58. The zero-order chi connectivity index (χ0) is 16.1. The van der Waals surface area contributed by atoms with Gasteiger partial charge in [-0.1, -0.05) is 30.3 Å². The molecular formula is C15H12N6O2. The number of aryl methyl sites for hydroxylation is 1. The van der Waals surface area contributed by atoms with E-state index in [9.17, 15) is 9.59 Å². The molecular weight excluding hydrogens is 296 g/mol. The highest BCUT2D eigenvalue weighted by molar-refractivity contribution is 5.75. The summed E-state index contributed by atoms with van der Waals surface area (Å²) in [5, 5.41) is 8.22. The predicted octanol–water partition coefficient (Wildman–Crippen LogP) is 0.342.